The Morgan fingerprint density at radius 3 is 2.00 bits per heavy atom. The van der Waals surface area contributed by atoms with Gasteiger partial charge in [-0.05, 0) is 41.5 Å². The van der Waals surface area contributed by atoms with Crippen molar-refractivity contribution < 1.29 is 19.5 Å². The van der Waals surface area contributed by atoms with Crippen LogP contribution in [-0.2, 0) is 27.2 Å². The van der Waals surface area contributed by atoms with Crippen LogP contribution in [0.25, 0.3) is 11.1 Å². The Morgan fingerprint density at radius 1 is 0.824 bits per heavy atom. The standard InChI is InChI=1S/C28H29NO4S/c1-20(30)34-19-25(18-22-12-15-24(16-13-22)23-10-6-3-7-11-23)27(31)29-26(28(32)33)17-14-21-8-4-2-5-9-21/h2-13,15-16,25-26H,14,17-19H2,1H3,(H,29,31)(H,32,33). The van der Waals surface area contributed by atoms with E-state index in [4.69, 9.17) is 0 Å². The first kappa shape index (κ1) is 25.2. The van der Waals surface area contributed by atoms with Gasteiger partial charge < -0.3 is 10.4 Å². The summed E-state index contributed by atoms with van der Waals surface area (Å²) < 4.78 is 0. The molecular formula is C28H29NO4S. The van der Waals surface area contributed by atoms with Crippen LogP contribution in [-0.4, -0.2) is 33.9 Å². The molecule has 1 amide bonds. The third kappa shape index (κ3) is 7.89. The molecule has 0 spiro atoms. The number of carboxylic acids is 1. The number of hydrogen-bond acceptors (Lipinski definition) is 4. The Balaban J connectivity index is 1.67. The van der Waals surface area contributed by atoms with E-state index in [1.54, 1.807) is 0 Å². The van der Waals surface area contributed by atoms with Crippen molar-refractivity contribution in [2.45, 2.75) is 32.2 Å². The zero-order valence-corrected chi connectivity index (χ0v) is 20.0. The fraction of sp³-hybridized carbons (Fsp3) is 0.250. The molecule has 0 aliphatic carbocycles. The van der Waals surface area contributed by atoms with Gasteiger partial charge in [0.05, 0.1) is 5.92 Å². The summed E-state index contributed by atoms with van der Waals surface area (Å²) in [6.45, 7) is 1.47. The van der Waals surface area contributed by atoms with Crippen molar-refractivity contribution in [3.05, 3.63) is 96.1 Å². The summed E-state index contributed by atoms with van der Waals surface area (Å²) in [7, 11) is 0. The van der Waals surface area contributed by atoms with Gasteiger partial charge in [0.1, 0.15) is 6.04 Å². The molecule has 2 unspecified atom stereocenters. The highest BCUT2D eigenvalue weighted by Crippen LogP contribution is 2.22. The predicted octanol–water partition coefficient (Wildman–Crippen LogP) is 4.99. The molecule has 5 nitrogen and oxygen atoms in total. The Kier molecular flexibility index (Phi) is 9.47. The number of amides is 1. The summed E-state index contributed by atoms with van der Waals surface area (Å²) in [6, 6.07) is 26.6. The molecule has 176 valence electrons. The lowest BCUT2D eigenvalue weighted by Crippen LogP contribution is -2.45. The Bertz CT molecular complexity index is 1080. The van der Waals surface area contributed by atoms with E-state index in [0.717, 1.165) is 34.0 Å². The van der Waals surface area contributed by atoms with E-state index < -0.39 is 17.9 Å². The predicted molar refractivity (Wildman–Crippen MR) is 137 cm³/mol. The van der Waals surface area contributed by atoms with Gasteiger partial charge in [0, 0.05) is 12.7 Å². The highest BCUT2D eigenvalue weighted by Gasteiger charge is 2.26. The second-order valence-corrected chi connectivity index (χ2v) is 9.39. The second kappa shape index (κ2) is 12.8. The Morgan fingerprint density at radius 2 is 1.41 bits per heavy atom. The van der Waals surface area contributed by atoms with Crippen molar-refractivity contribution in [1.82, 2.24) is 5.32 Å². The first-order chi connectivity index (χ1) is 16.4. The van der Waals surface area contributed by atoms with E-state index in [-0.39, 0.29) is 11.0 Å². The molecule has 3 aromatic rings. The number of aryl methyl sites for hydroxylation is 1. The van der Waals surface area contributed by atoms with Gasteiger partial charge >= 0.3 is 5.97 Å². The van der Waals surface area contributed by atoms with Gasteiger partial charge in [-0.25, -0.2) is 4.79 Å². The Labute approximate surface area is 204 Å². The molecule has 0 aliphatic rings. The van der Waals surface area contributed by atoms with E-state index in [2.05, 4.69) is 5.32 Å². The zero-order chi connectivity index (χ0) is 24.3. The summed E-state index contributed by atoms with van der Waals surface area (Å²) in [4.78, 5) is 36.4. The minimum atomic E-state index is -1.06. The van der Waals surface area contributed by atoms with Crippen molar-refractivity contribution >= 4 is 28.8 Å². The van der Waals surface area contributed by atoms with E-state index in [1.807, 2.05) is 84.9 Å². The molecule has 2 N–H and O–H groups in total. The average molecular weight is 476 g/mol. The van der Waals surface area contributed by atoms with Gasteiger partial charge in [-0.1, -0.05) is 96.7 Å². The molecule has 2 atom stereocenters. The molecule has 6 heteroatoms. The normalized spacial score (nSPS) is 12.5. The van der Waals surface area contributed by atoms with Crippen LogP contribution in [0.3, 0.4) is 0 Å². The van der Waals surface area contributed by atoms with Crippen molar-refractivity contribution in [2.75, 3.05) is 5.75 Å². The van der Waals surface area contributed by atoms with Crippen molar-refractivity contribution in [1.29, 1.82) is 0 Å². The number of thioether (sulfide) groups is 1. The fourth-order valence-electron chi connectivity index (χ4n) is 3.70. The number of carbonyl (C=O) groups excluding carboxylic acids is 2. The molecule has 0 aromatic heterocycles. The van der Waals surface area contributed by atoms with Gasteiger partial charge in [0.15, 0.2) is 5.12 Å². The molecule has 0 bridgehead atoms. The van der Waals surface area contributed by atoms with Gasteiger partial charge in [-0.2, -0.15) is 0 Å². The van der Waals surface area contributed by atoms with Gasteiger partial charge in [0.2, 0.25) is 5.91 Å². The number of rotatable bonds is 11. The molecule has 0 saturated carbocycles. The summed E-state index contributed by atoms with van der Waals surface area (Å²) in [5.41, 5.74) is 4.17. The molecular weight excluding hydrogens is 446 g/mol. The lowest BCUT2D eigenvalue weighted by molar-refractivity contribution is -0.142. The summed E-state index contributed by atoms with van der Waals surface area (Å²) in [6.07, 6.45) is 1.27. The molecule has 3 rings (SSSR count). The van der Waals surface area contributed by atoms with Crippen LogP contribution in [0.5, 0.6) is 0 Å². The number of benzene rings is 3. The molecule has 0 fully saturated rings. The third-order valence-corrected chi connectivity index (χ3v) is 6.56. The highest BCUT2D eigenvalue weighted by atomic mass is 32.2. The van der Waals surface area contributed by atoms with Crippen LogP contribution in [0.2, 0.25) is 0 Å². The van der Waals surface area contributed by atoms with Crippen molar-refractivity contribution in [2.24, 2.45) is 5.92 Å². The third-order valence-electron chi connectivity index (χ3n) is 5.58. The number of nitrogens with one attached hydrogen (secondary N) is 1. The monoisotopic (exact) mass is 475 g/mol. The maximum absolute atomic E-state index is 13.1. The number of aliphatic carboxylic acids is 1. The number of hydrogen-bond donors (Lipinski definition) is 2. The van der Waals surface area contributed by atoms with Crippen LogP contribution < -0.4 is 5.32 Å². The van der Waals surface area contributed by atoms with Crippen LogP contribution in [0.1, 0.15) is 24.5 Å². The minimum absolute atomic E-state index is 0.0731. The molecule has 34 heavy (non-hydrogen) atoms. The van der Waals surface area contributed by atoms with E-state index >= 15 is 0 Å². The molecule has 3 aromatic carbocycles. The zero-order valence-electron chi connectivity index (χ0n) is 19.1. The largest absolute Gasteiger partial charge is 0.480 e. The lowest BCUT2D eigenvalue weighted by Gasteiger charge is -2.20. The minimum Gasteiger partial charge on any atom is -0.480 e. The first-order valence-electron chi connectivity index (χ1n) is 11.3. The van der Waals surface area contributed by atoms with Crippen molar-refractivity contribution in [3.8, 4) is 11.1 Å². The Hall–Kier alpha value is -3.38. The van der Waals surface area contributed by atoms with Crippen LogP contribution in [0.15, 0.2) is 84.9 Å². The quantitative estimate of drug-likeness (QED) is 0.408. The van der Waals surface area contributed by atoms with Crippen LogP contribution in [0, 0.1) is 5.92 Å². The fourth-order valence-corrected chi connectivity index (χ4v) is 4.40. The maximum Gasteiger partial charge on any atom is 0.326 e. The second-order valence-electron chi connectivity index (χ2n) is 8.19. The summed E-state index contributed by atoms with van der Waals surface area (Å²) in [5.74, 6) is -1.63. The number of carboxylic acid groups (broad SMARTS) is 1. The van der Waals surface area contributed by atoms with E-state index in [1.165, 1.54) is 6.92 Å². The summed E-state index contributed by atoms with van der Waals surface area (Å²) in [5, 5.41) is 12.3. The van der Waals surface area contributed by atoms with Crippen LogP contribution in [0.4, 0.5) is 0 Å². The van der Waals surface area contributed by atoms with Gasteiger partial charge in [0.25, 0.3) is 0 Å². The van der Waals surface area contributed by atoms with E-state index in [0.29, 0.717) is 25.0 Å². The highest BCUT2D eigenvalue weighted by molar-refractivity contribution is 8.13. The number of carbonyl (C=O) groups is 3. The molecule has 0 radical (unpaired) electrons. The average Bonchev–Trinajstić information content (AvgIpc) is 2.85. The maximum atomic E-state index is 13.1. The molecule has 0 saturated heterocycles. The van der Waals surface area contributed by atoms with Gasteiger partial charge in [-0.3, -0.25) is 9.59 Å². The summed E-state index contributed by atoms with van der Waals surface area (Å²) >= 11 is 1.09. The van der Waals surface area contributed by atoms with Crippen molar-refractivity contribution in [3.63, 3.8) is 0 Å². The topological polar surface area (TPSA) is 83.5 Å². The molecule has 0 aliphatic heterocycles. The van der Waals surface area contributed by atoms with E-state index in [9.17, 15) is 19.5 Å². The van der Waals surface area contributed by atoms with Crippen LogP contribution >= 0.6 is 11.8 Å². The lowest BCUT2D eigenvalue weighted by atomic mass is 9.97. The smallest absolute Gasteiger partial charge is 0.326 e. The SMILES string of the molecule is CC(=O)SCC(Cc1ccc(-c2ccccc2)cc1)C(=O)NC(CCc1ccccc1)C(=O)O. The van der Waals surface area contributed by atoms with Gasteiger partial charge in [-0.15, -0.1) is 0 Å². The first-order valence-corrected chi connectivity index (χ1v) is 12.3. The molecule has 0 heterocycles.